The van der Waals surface area contributed by atoms with Gasteiger partial charge in [0.25, 0.3) is 0 Å². The molecule has 4 nitrogen and oxygen atoms in total. The topological polar surface area (TPSA) is 66.6 Å². The number of rotatable bonds is 3. The number of nitrogens with two attached hydrogens (primary N) is 1. The molecule has 1 unspecified atom stereocenters. The lowest BCUT2D eigenvalue weighted by Gasteiger charge is -2.37. The molecule has 0 radical (unpaired) electrons. The Morgan fingerprint density at radius 3 is 2.53 bits per heavy atom. The van der Waals surface area contributed by atoms with E-state index in [1.165, 1.54) is 5.56 Å². The highest BCUT2D eigenvalue weighted by Gasteiger charge is 2.38. The minimum atomic E-state index is -1.08. The van der Waals surface area contributed by atoms with E-state index in [0.29, 0.717) is 13.0 Å². The SMILES string of the molecule is Cl.Cl.NC1(C(=O)O)CCCN(Cc2ccccc2)C1. The van der Waals surface area contributed by atoms with Gasteiger partial charge in [-0.25, -0.2) is 0 Å². The van der Waals surface area contributed by atoms with Crippen molar-refractivity contribution in [2.45, 2.75) is 24.9 Å². The Hall–Kier alpha value is -0.810. The van der Waals surface area contributed by atoms with E-state index in [0.717, 1.165) is 19.5 Å². The van der Waals surface area contributed by atoms with E-state index in [1.807, 2.05) is 30.3 Å². The van der Waals surface area contributed by atoms with Crippen LogP contribution in [0.2, 0.25) is 0 Å². The van der Waals surface area contributed by atoms with Crippen LogP contribution in [0.1, 0.15) is 18.4 Å². The maximum absolute atomic E-state index is 11.1. The third kappa shape index (κ3) is 4.66. The molecular weight excluding hydrogens is 287 g/mol. The number of carboxylic acid groups (broad SMARTS) is 1. The van der Waals surface area contributed by atoms with Crippen LogP contribution >= 0.6 is 24.8 Å². The van der Waals surface area contributed by atoms with E-state index in [4.69, 9.17) is 10.8 Å². The zero-order chi connectivity index (χ0) is 12.3. The van der Waals surface area contributed by atoms with Crippen LogP contribution in [0.3, 0.4) is 0 Å². The first-order valence-electron chi connectivity index (χ1n) is 5.89. The highest BCUT2D eigenvalue weighted by molar-refractivity contribution is 5.85. The zero-order valence-electron chi connectivity index (χ0n) is 10.6. The molecule has 0 spiro atoms. The Morgan fingerprint density at radius 2 is 1.95 bits per heavy atom. The molecule has 19 heavy (non-hydrogen) atoms. The first kappa shape index (κ1) is 18.2. The predicted octanol–water partition coefficient (Wildman–Crippen LogP) is 1.91. The highest BCUT2D eigenvalue weighted by Crippen LogP contribution is 2.20. The molecule has 2 rings (SSSR count). The number of aliphatic carboxylic acids is 1. The smallest absolute Gasteiger partial charge is 0.325 e. The van der Waals surface area contributed by atoms with Gasteiger partial charge in [0, 0.05) is 13.1 Å². The van der Waals surface area contributed by atoms with Crippen LogP contribution in [0.5, 0.6) is 0 Å². The first-order chi connectivity index (χ1) is 8.10. The van der Waals surface area contributed by atoms with E-state index < -0.39 is 11.5 Å². The summed E-state index contributed by atoms with van der Waals surface area (Å²) < 4.78 is 0. The lowest BCUT2D eigenvalue weighted by atomic mass is 9.90. The molecule has 3 N–H and O–H groups in total. The van der Waals surface area contributed by atoms with Crippen molar-refractivity contribution in [1.29, 1.82) is 0 Å². The predicted molar refractivity (Wildman–Crippen MR) is 80.0 cm³/mol. The Labute approximate surface area is 125 Å². The second-order valence-electron chi connectivity index (χ2n) is 4.76. The molecule has 1 saturated heterocycles. The van der Waals surface area contributed by atoms with Crippen LogP contribution in [0.25, 0.3) is 0 Å². The Kier molecular flexibility index (Phi) is 7.37. The molecule has 1 aliphatic heterocycles. The summed E-state index contributed by atoms with van der Waals surface area (Å²) in [5.74, 6) is -0.893. The van der Waals surface area contributed by atoms with Gasteiger partial charge < -0.3 is 10.8 Å². The molecule has 0 aromatic heterocycles. The van der Waals surface area contributed by atoms with Crippen molar-refractivity contribution in [3.63, 3.8) is 0 Å². The monoisotopic (exact) mass is 306 g/mol. The van der Waals surface area contributed by atoms with E-state index in [2.05, 4.69) is 4.90 Å². The average molecular weight is 307 g/mol. The molecule has 1 aliphatic rings. The maximum atomic E-state index is 11.1. The lowest BCUT2D eigenvalue weighted by molar-refractivity contribution is -0.145. The second-order valence-corrected chi connectivity index (χ2v) is 4.76. The molecule has 1 aromatic carbocycles. The minimum Gasteiger partial charge on any atom is -0.480 e. The number of piperidine rings is 1. The van der Waals surface area contributed by atoms with Gasteiger partial charge in [0.05, 0.1) is 0 Å². The van der Waals surface area contributed by atoms with Crippen LogP contribution in [0, 0.1) is 0 Å². The van der Waals surface area contributed by atoms with Gasteiger partial charge in [-0.15, -0.1) is 24.8 Å². The first-order valence-corrected chi connectivity index (χ1v) is 5.89. The second kappa shape index (κ2) is 7.70. The summed E-state index contributed by atoms with van der Waals surface area (Å²) in [4.78, 5) is 13.2. The van der Waals surface area contributed by atoms with E-state index >= 15 is 0 Å². The van der Waals surface area contributed by atoms with Gasteiger partial charge in [-0.3, -0.25) is 9.69 Å². The number of likely N-dealkylation sites (tertiary alicyclic amines) is 1. The van der Waals surface area contributed by atoms with Gasteiger partial charge in [-0.05, 0) is 24.9 Å². The van der Waals surface area contributed by atoms with Crippen LogP contribution < -0.4 is 5.73 Å². The average Bonchev–Trinajstić information content (AvgIpc) is 2.30. The largest absolute Gasteiger partial charge is 0.480 e. The molecule has 0 saturated carbocycles. The molecule has 1 fully saturated rings. The van der Waals surface area contributed by atoms with Crippen LogP contribution in [0.15, 0.2) is 30.3 Å². The van der Waals surface area contributed by atoms with Crippen molar-refractivity contribution < 1.29 is 9.90 Å². The highest BCUT2D eigenvalue weighted by atomic mass is 35.5. The summed E-state index contributed by atoms with van der Waals surface area (Å²) in [5, 5.41) is 9.13. The molecule has 0 aliphatic carbocycles. The van der Waals surface area contributed by atoms with Crippen LogP contribution in [0.4, 0.5) is 0 Å². The minimum absolute atomic E-state index is 0. The molecule has 0 bridgehead atoms. The van der Waals surface area contributed by atoms with Gasteiger partial charge in [0.15, 0.2) is 0 Å². The van der Waals surface area contributed by atoms with E-state index in [1.54, 1.807) is 0 Å². The van der Waals surface area contributed by atoms with Crippen molar-refractivity contribution in [2.75, 3.05) is 13.1 Å². The summed E-state index contributed by atoms with van der Waals surface area (Å²) in [5.41, 5.74) is 6.02. The van der Waals surface area contributed by atoms with Gasteiger partial charge in [0.1, 0.15) is 5.54 Å². The van der Waals surface area contributed by atoms with Crippen LogP contribution in [-0.2, 0) is 11.3 Å². The fraction of sp³-hybridized carbons (Fsp3) is 0.462. The standard InChI is InChI=1S/C13H18N2O2.2ClH/c14-13(12(16)17)7-4-8-15(10-13)9-11-5-2-1-3-6-11;;/h1-3,5-6H,4,7-10,14H2,(H,16,17);2*1H. The fourth-order valence-electron chi connectivity index (χ4n) is 2.33. The van der Waals surface area contributed by atoms with Gasteiger partial charge in [-0.1, -0.05) is 30.3 Å². The van der Waals surface area contributed by atoms with Crippen molar-refractivity contribution in [3.8, 4) is 0 Å². The normalized spacial score (nSPS) is 23.0. The van der Waals surface area contributed by atoms with Crippen molar-refractivity contribution >= 4 is 30.8 Å². The Morgan fingerprint density at radius 1 is 1.32 bits per heavy atom. The zero-order valence-corrected chi connectivity index (χ0v) is 12.3. The van der Waals surface area contributed by atoms with Gasteiger partial charge >= 0.3 is 5.97 Å². The van der Waals surface area contributed by atoms with Crippen molar-refractivity contribution in [3.05, 3.63) is 35.9 Å². The molecule has 108 valence electrons. The summed E-state index contributed by atoms with van der Waals surface area (Å²) in [6.45, 7) is 2.12. The molecule has 6 heteroatoms. The molecule has 1 atom stereocenters. The maximum Gasteiger partial charge on any atom is 0.325 e. The van der Waals surface area contributed by atoms with Crippen molar-refractivity contribution in [2.24, 2.45) is 5.73 Å². The lowest BCUT2D eigenvalue weighted by Crippen LogP contribution is -2.59. The molecule has 1 aromatic rings. The molecule has 0 amide bonds. The number of carbonyl (C=O) groups is 1. The quantitative estimate of drug-likeness (QED) is 0.895. The molecule has 1 heterocycles. The summed E-state index contributed by atoms with van der Waals surface area (Å²) in [7, 11) is 0. The van der Waals surface area contributed by atoms with Gasteiger partial charge in [0.2, 0.25) is 0 Å². The molecular formula is C13H20Cl2N2O2. The Balaban J connectivity index is 0.00000162. The third-order valence-electron chi connectivity index (χ3n) is 3.28. The summed E-state index contributed by atoms with van der Waals surface area (Å²) in [6.07, 6.45) is 1.41. The van der Waals surface area contributed by atoms with E-state index in [-0.39, 0.29) is 24.8 Å². The van der Waals surface area contributed by atoms with Crippen molar-refractivity contribution in [1.82, 2.24) is 4.90 Å². The number of hydrogen-bond donors (Lipinski definition) is 2. The third-order valence-corrected chi connectivity index (χ3v) is 3.28. The number of nitrogens with zero attached hydrogens (tertiary/aromatic N) is 1. The number of benzene rings is 1. The summed E-state index contributed by atoms with van der Waals surface area (Å²) in [6, 6.07) is 10.1. The number of hydrogen-bond acceptors (Lipinski definition) is 3. The fourth-order valence-corrected chi connectivity index (χ4v) is 2.33. The van der Waals surface area contributed by atoms with E-state index in [9.17, 15) is 4.79 Å². The number of halogens is 2. The van der Waals surface area contributed by atoms with Gasteiger partial charge in [-0.2, -0.15) is 0 Å². The number of carboxylic acids is 1. The Bertz CT molecular complexity index is 403. The summed E-state index contributed by atoms with van der Waals surface area (Å²) >= 11 is 0. The van der Waals surface area contributed by atoms with Crippen LogP contribution in [-0.4, -0.2) is 34.6 Å².